The molecule has 0 radical (unpaired) electrons. The molecule has 1 aliphatic rings. The third kappa shape index (κ3) is 30.0. The summed E-state index contributed by atoms with van der Waals surface area (Å²) in [5.74, 6) is -0.327. The summed E-state index contributed by atoms with van der Waals surface area (Å²) in [6.45, 7) is 7.37. The van der Waals surface area contributed by atoms with E-state index >= 15 is 0 Å². The van der Waals surface area contributed by atoms with Gasteiger partial charge in [0.2, 0.25) is 0 Å². The molecule has 1 atom stereocenters. The number of carbonyl (C=O) groups is 2. The molecule has 0 amide bonds. The van der Waals surface area contributed by atoms with Crippen molar-refractivity contribution in [2.45, 2.75) is 187 Å². The Morgan fingerprint density at radius 1 is 0.542 bits per heavy atom. The van der Waals surface area contributed by atoms with Crippen LogP contribution in [-0.4, -0.2) is 49.2 Å². The van der Waals surface area contributed by atoms with Crippen molar-refractivity contribution >= 4 is 11.9 Å². The minimum absolute atomic E-state index is 0.158. The number of carbonyl (C=O) groups excluding carboxylic acids is 2. The van der Waals surface area contributed by atoms with Crippen molar-refractivity contribution in [2.75, 3.05) is 26.2 Å². The summed E-state index contributed by atoms with van der Waals surface area (Å²) in [6.07, 6.45) is 46.8. The number of esters is 2. The Morgan fingerprint density at radius 3 is 1.44 bits per heavy atom. The first-order valence-electron chi connectivity index (χ1n) is 20.3. The van der Waals surface area contributed by atoms with Crippen LogP contribution in [0.3, 0.4) is 0 Å². The average molecular weight is 670 g/mol. The molecule has 0 saturated carbocycles. The summed E-state index contributed by atoms with van der Waals surface area (Å²) in [6, 6.07) is 0. The first-order chi connectivity index (χ1) is 23.7. The second-order valence-electron chi connectivity index (χ2n) is 13.8. The van der Waals surface area contributed by atoms with Crippen LogP contribution in [0.25, 0.3) is 0 Å². The molecule has 276 valence electrons. The highest BCUT2D eigenvalue weighted by Crippen LogP contribution is 2.14. The van der Waals surface area contributed by atoms with Crippen LogP contribution < -0.4 is 0 Å². The lowest BCUT2D eigenvalue weighted by molar-refractivity contribution is -0.160. The number of allylic oxidation sites excluding steroid dienone is 8. The molecule has 0 aromatic rings. The van der Waals surface area contributed by atoms with Gasteiger partial charge in [0.05, 0.1) is 0 Å². The number of hydrogen-bond acceptors (Lipinski definition) is 5. The largest absolute Gasteiger partial charge is 0.462 e. The van der Waals surface area contributed by atoms with Gasteiger partial charge in [0.1, 0.15) is 12.7 Å². The van der Waals surface area contributed by atoms with E-state index in [9.17, 15) is 9.59 Å². The summed E-state index contributed by atoms with van der Waals surface area (Å²) in [7, 11) is 0. The quantitative estimate of drug-likeness (QED) is 0.0395. The van der Waals surface area contributed by atoms with Crippen molar-refractivity contribution in [3.63, 3.8) is 0 Å². The Balaban J connectivity index is 2.10. The first-order valence-corrected chi connectivity index (χ1v) is 20.3. The van der Waals surface area contributed by atoms with Crippen LogP contribution in [0, 0.1) is 0 Å². The summed E-state index contributed by atoms with van der Waals surface area (Å²) in [5, 5.41) is 0. The normalized spacial score (nSPS) is 14.7. The number of nitrogens with zero attached hydrogens (tertiary/aromatic N) is 1. The zero-order valence-corrected chi connectivity index (χ0v) is 31.5. The van der Waals surface area contributed by atoms with Crippen LogP contribution in [0.2, 0.25) is 0 Å². The van der Waals surface area contributed by atoms with E-state index in [4.69, 9.17) is 9.47 Å². The van der Waals surface area contributed by atoms with Gasteiger partial charge in [0.15, 0.2) is 0 Å². The highest BCUT2D eigenvalue weighted by Gasteiger charge is 2.22. The maximum Gasteiger partial charge on any atom is 0.306 e. The predicted molar refractivity (Wildman–Crippen MR) is 205 cm³/mol. The molecule has 1 saturated heterocycles. The van der Waals surface area contributed by atoms with Crippen LogP contribution in [0.5, 0.6) is 0 Å². The molecular formula is C43H75NO4. The van der Waals surface area contributed by atoms with Gasteiger partial charge in [-0.25, -0.2) is 0 Å². The number of unbranched alkanes of at least 4 members (excludes halogenated alkanes) is 16. The smallest absolute Gasteiger partial charge is 0.306 e. The van der Waals surface area contributed by atoms with Crippen molar-refractivity contribution in [2.24, 2.45) is 0 Å². The third-order valence-electron chi connectivity index (χ3n) is 9.05. The Hall–Kier alpha value is -2.14. The Morgan fingerprint density at radius 2 is 0.958 bits per heavy atom. The molecular weight excluding hydrogens is 594 g/mol. The Kier molecular flexibility index (Phi) is 31.7. The van der Waals surface area contributed by atoms with Crippen molar-refractivity contribution in [1.29, 1.82) is 0 Å². The van der Waals surface area contributed by atoms with Crippen molar-refractivity contribution < 1.29 is 19.1 Å². The number of likely N-dealkylation sites (tertiary alicyclic amines) is 1. The van der Waals surface area contributed by atoms with E-state index in [1.54, 1.807) is 0 Å². The topological polar surface area (TPSA) is 55.8 Å². The number of rotatable bonds is 33. The van der Waals surface area contributed by atoms with Gasteiger partial charge in [0, 0.05) is 19.4 Å². The first kappa shape index (κ1) is 43.9. The molecule has 5 heteroatoms. The summed E-state index contributed by atoms with van der Waals surface area (Å²) in [4.78, 5) is 27.4. The maximum absolute atomic E-state index is 12.6. The van der Waals surface area contributed by atoms with Gasteiger partial charge >= 0.3 is 11.9 Å². The SMILES string of the molecule is CCCCC/C=C\C/C=C\CCCCCCCC(=O)OCC(CN1CCCC1)OC(=O)CCCCCCC/C=C\C/C=C\CCCCC. The fraction of sp³-hybridized carbons (Fsp3) is 0.767. The minimum atomic E-state index is -0.373. The van der Waals surface area contributed by atoms with E-state index in [0.717, 1.165) is 77.3 Å². The van der Waals surface area contributed by atoms with Crippen LogP contribution in [0.15, 0.2) is 48.6 Å². The highest BCUT2D eigenvalue weighted by molar-refractivity contribution is 5.70. The molecule has 1 aliphatic heterocycles. The van der Waals surface area contributed by atoms with Gasteiger partial charge in [-0.05, 0) is 103 Å². The van der Waals surface area contributed by atoms with Crippen molar-refractivity contribution in [1.82, 2.24) is 4.90 Å². The van der Waals surface area contributed by atoms with Gasteiger partial charge in [-0.2, -0.15) is 0 Å². The highest BCUT2D eigenvalue weighted by atomic mass is 16.6. The monoisotopic (exact) mass is 670 g/mol. The standard InChI is InChI=1S/C43H75NO4/c1-3-5-7-9-11-13-15-17-19-21-23-25-27-29-31-35-42(45)47-40-41(39-44-37-33-34-38-44)48-43(46)36-32-30-28-26-24-22-20-18-16-14-12-10-8-6-4-2/h11-14,17-20,41H,3-10,15-16,21-40H2,1-2H3/b13-11-,14-12-,19-17-,20-18-. The molecule has 0 bridgehead atoms. The van der Waals surface area contributed by atoms with E-state index in [1.807, 2.05) is 0 Å². The molecule has 1 unspecified atom stereocenters. The molecule has 5 nitrogen and oxygen atoms in total. The molecule has 0 N–H and O–H groups in total. The van der Waals surface area contributed by atoms with E-state index in [0.29, 0.717) is 19.4 Å². The second kappa shape index (κ2) is 34.7. The summed E-state index contributed by atoms with van der Waals surface area (Å²) in [5.41, 5.74) is 0. The fourth-order valence-corrected chi connectivity index (χ4v) is 6.04. The van der Waals surface area contributed by atoms with Gasteiger partial charge in [-0.3, -0.25) is 14.5 Å². The lowest BCUT2D eigenvalue weighted by atomic mass is 10.1. The second-order valence-corrected chi connectivity index (χ2v) is 13.8. The number of hydrogen-bond donors (Lipinski definition) is 0. The third-order valence-corrected chi connectivity index (χ3v) is 9.05. The van der Waals surface area contributed by atoms with E-state index in [2.05, 4.69) is 67.4 Å². The maximum atomic E-state index is 12.6. The molecule has 0 aromatic heterocycles. The lowest BCUT2D eigenvalue weighted by Gasteiger charge is -2.23. The van der Waals surface area contributed by atoms with Crippen molar-refractivity contribution in [3.05, 3.63) is 48.6 Å². The molecule has 48 heavy (non-hydrogen) atoms. The van der Waals surface area contributed by atoms with Gasteiger partial charge in [-0.15, -0.1) is 0 Å². The Labute approximate surface area is 297 Å². The summed E-state index contributed by atoms with van der Waals surface area (Å²) < 4.78 is 11.4. The van der Waals surface area contributed by atoms with Crippen LogP contribution in [0.4, 0.5) is 0 Å². The lowest BCUT2D eigenvalue weighted by Crippen LogP contribution is -2.37. The molecule has 0 spiro atoms. The molecule has 0 aromatic carbocycles. The molecule has 1 fully saturated rings. The predicted octanol–water partition coefficient (Wildman–Crippen LogP) is 12.2. The van der Waals surface area contributed by atoms with Gasteiger partial charge in [0.25, 0.3) is 0 Å². The number of ether oxygens (including phenoxy) is 2. The van der Waals surface area contributed by atoms with Crippen molar-refractivity contribution in [3.8, 4) is 0 Å². The van der Waals surface area contributed by atoms with Crippen LogP contribution in [-0.2, 0) is 19.1 Å². The fourth-order valence-electron chi connectivity index (χ4n) is 6.04. The molecule has 0 aliphatic carbocycles. The van der Waals surface area contributed by atoms with Crippen LogP contribution in [0.1, 0.15) is 181 Å². The van der Waals surface area contributed by atoms with E-state index < -0.39 is 0 Å². The zero-order valence-electron chi connectivity index (χ0n) is 31.5. The Bertz CT molecular complexity index is 855. The van der Waals surface area contributed by atoms with E-state index in [-0.39, 0.29) is 24.6 Å². The van der Waals surface area contributed by atoms with Gasteiger partial charge in [-0.1, -0.05) is 127 Å². The van der Waals surface area contributed by atoms with E-state index in [1.165, 1.54) is 89.9 Å². The molecule has 1 rings (SSSR count). The zero-order chi connectivity index (χ0) is 34.6. The summed E-state index contributed by atoms with van der Waals surface area (Å²) >= 11 is 0. The van der Waals surface area contributed by atoms with Crippen LogP contribution >= 0.6 is 0 Å². The minimum Gasteiger partial charge on any atom is -0.462 e. The average Bonchev–Trinajstić information content (AvgIpc) is 3.60. The molecule has 1 heterocycles. The van der Waals surface area contributed by atoms with Gasteiger partial charge < -0.3 is 9.47 Å².